The van der Waals surface area contributed by atoms with Crippen molar-refractivity contribution in [3.8, 4) is 0 Å². The zero-order valence-electron chi connectivity index (χ0n) is 11.7. The minimum atomic E-state index is -0.475. The maximum Gasteiger partial charge on any atom is 0.206 e. The third-order valence-corrected chi connectivity index (χ3v) is 4.85. The van der Waals surface area contributed by atoms with Gasteiger partial charge in [-0.15, -0.1) is 10.2 Å². The van der Waals surface area contributed by atoms with Crippen LogP contribution in [0, 0.1) is 6.92 Å². The molecule has 0 bridgehead atoms. The first-order chi connectivity index (χ1) is 9.69. The fraction of sp³-hybridized carbons (Fsp3) is 0.429. The molecule has 0 saturated heterocycles. The number of hydrogen-bond acceptors (Lipinski definition) is 6. The number of hydrogen-bond donors (Lipinski definition) is 2. The van der Waals surface area contributed by atoms with Gasteiger partial charge in [0.15, 0.2) is 4.34 Å². The Bertz CT molecular complexity index is 527. The zero-order valence-corrected chi connectivity index (χ0v) is 13.3. The number of aliphatic hydroxyl groups excluding tert-OH is 1. The van der Waals surface area contributed by atoms with E-state index in [-0.39, 0.29) is 0 Å². The van der Waals surface area contributed by atoms with Crippen molar-refractivity contribution in [2.75, 3.05) is 17.6 Å². The molecule has 0 aliphatic heterocycles. The molecule has 108 valence electrons. The topological polar surface area (TPSA) is 58.0 Å². The lowest BCUT2D eigenvalue weighted by Crippen LogP contribution is -2.00. The highest BCUT2D eigenvalue weighted by Gasteiger charge is 2.10. The van der Waals surface area contributed by atoms with Crippen molar-refractivity contribution in [3.63, 3.8) is 0 Å². The molecule has 2 aromatic rings. The van der Waals surface area contributed by atoms with Gasteiger partial charge in [-0.25, -0.2) is 0 Å². The molecule has 1 aromatic heterocycles. The van der Waals surface area contributed by atoms with Gasteiger partial charge in [-0.2, -0.15) is 0 Å². The molecule has 0 aliphatic rings. The number of nitrogens with one attached hydrogen (secondary N) is 1. The highest BCUT2D eigenvalue weighted by Crippen LogP contribution is 2.29. The second-order valence-corrected chi connectivity index (χ2v) is 6.78. The van der Waals surface area contributed by atoms with Gasteiger partial charge in [0.05, 0.1) is 6.10 Å². The predicted octanol–water partition coefficient (Wildman–Crippen LogP) is 3.49. The van der Waals surface area contributed by atoms with Crippen molar-refractivity contribution in [1.82, 2.24) is 10.2 Å². The molecular formula is C14H19N3OS2. The monoisotopic (exact) mass is 309 g/mol. The van der Waals surface area contributed by atoms with Crippen LogP contribution in [0.15, 0.2) is 28.6 Å². The van der Waals surface area contributed by atoms with Crippen LogP contribution in [-0.2, 0) is 0 Å². The van der Waals surface area contributed by atoms with Crippen molar-refractivity contribution in [2.45, 2.75) is 30.7 Å². The minimum Gasteiger partial charge on any atom is -0.388 e. The molecule has 1 atom stereocenters. The number of benzene rings is 1. The second-order valence-electron chi connectivity index (χ2n) is 4.54. The van der Waals surface area contributed by atoms with Crippen LogP contribution >= 0.6 is 23.1 Å². The summed E-state index contributed by atoms with van der Waals surface area (Å²) < 4.78 is 0.884. The van der Waals surface area contributed by atoms with Crippen molar-refractivity contribution in [3.05, 3.63) is 35.4 Å². The van der Waals surface area contributed by atoms with Crippen LogP contribution < -0.4 is 5.32 Å². The number of nitrogens with zero attached hydrogens (tertiary/aromatic N) is 2. The van der Waals surface area contributed by atoms with Crippen LogP contribution in [0.5, 0.6) is 0 Å². The summed E-state index contributed by atoms with van der Waals surface area (Å²) in [4.78, 5) is 0. The average Bonchev–Trinajstić information content (AvgIpc) is 2.91. The molecule has 20 heavy (non-hydrogen) atoms. The number of aryl methyl sites for hydroxylation is 1. The summed E-state index contributed by atoms with van der Waals surface area (Å²) in [6.45, 7) is 5.06. The van der Waals surface area contributed by atoms with Crippen LogP contribution in [0.25, 0.3) is 0 Å². The molecule has 6 heteroatoms. The number of rotatable bonds is 7. The van der Waals surface area contributed by atoms with E-state index in [1.165, 1.54) is 28.7 Å². The fourth-order valence-electron chi connectivity index (χ4n) is 1.61. The Morgan fingerprint density at radius 2 is 2.05 bits per heavy atom. The van der Waals surface area contributed by atoms with Crippen LogP contribution in [0.2, 0.25) is 0 Å². The lowest BCUT2D eigenvalue weighted by atomic mass is 10.1. The molecule has 0 radical (unpaired) electrons. The van der Waals surface area contributed by atoms with Gasteiger partial charge in [0.1, 0.15) is 0 Å². The van der Waals surface area contributed by atoms with E-state index in [1.807, 2.05) is 31.2 Å². The molecule has 1 heterocycles. The lowest BCUT2D eigenvalue weighted by molar-refractivity contribution is 0.204. The number of thioether (sulfide) groups is 1. The highest BCUT2D eigenvalue weighted by atomic mass is 32.2. The Hall–Kier alpha value is -1.11. The summed E-state index contributed by atoms with van der Waals surface area (Å²) in [5, 5.41) is 22.4. The maximum atomic E-state index is 10.1. The summed E-state index contributed by atoms with van der Waals surface area (Å²) in [5.41, 5.74) is 2.14. The van der Waals surface area contributed by atoms with E-state index in [0.717, 1.165) is 28.0 Å². The molecule has 0 spiro atoms. The van der Waals surface area contributed by atoms with E-state index >= 15 is 0 Å². The van der Waals surface area contributed by atoms with Gasteiger partial charge in [-0.3, -0.25) is 0 Å². The molecule has 2 N–H and O–H groups in total. The summed E-state index contributed by atoms with van der Waals surface area (Å²) >= 11 is 3.07. The summed E-state index contributed by atoms with van der Waals surface area (Å²) in [6.07, 6.45) is 0.588. The molecule has 1 unspecified atom stereocenters. The van der Waals surface area contributed by atoms with Crippen molar-refractivity contribution in [2.24, 2.45) is 0 Å². The Kier molecular flexibility index (Phi) is 5.82. The molecule has 0 fully saturated rings. The fourth-order valence-corrected chi connectivity index (χ4v) is 3.38. The van der Waals surface area contributed by atoms with Crippen LogP contribution in [0.4, 0.5) is 5.13 Å². The molecular weight excluding hydrogens is 290 g/mol. The number of anilines is 1. The first kappa shape index (κ1) is 15.3. The summed E-state index contributed by atoms with van der Waals surface area (Å²) in [6, 6.07) is 7.96. The number of aliphatic hydroxyl groups is 1. The van der Waals surface area contributed by atoms with E-state index in [2.05, 4.69) is 22.4 Å². The molecule has 0 amide bonds. The molecule has 0 aliphatic carbocycles. The summed E-state index contributed by atoms with van der Waals surface area (Å²) in [7, 11) is 0. The third-order valence-electron chi connectivity index (χ3n) is 2.76. The Morgan fingerprint density at radius 1 is 1.30 bits per heavy atom. The van der Waals surface area contributed by atoms with Crippen molar-refractivity contribution >= 4 is 28.2 Å². The van der Waals surface area contributed by atoms with Gasteiger partial charge < -0.3 is 10.4 Å². The van der Waals surface area contributed by atoms with E-state index in [9.17, 15) is 5.11 Å². The van der Waals surface area contributed by atoms with E-state index in [0.29, 0.717) is 5.75 Å². The predicted molar refractivity (Wildman–Crippen MR) is 85.6 cm³/mol. The molecule has 4 nitrogen and oxygen atoms in total. The largest absolute Gasteiger partial charge is 0.388 e. The number of aromatic nitrogens is 2. The Labute approximate surface area is 127 Å². The van der Waals surface area contributed by atoms with Crippen molar-refractivity contribution in [1.29, 1.82) is 0 Å². The minimum absolute atomic E-state index is 0.475. The SMILES string of the molecule is CCCNc1nnc(SCC(O)c2ccc(C)cc2)s1. The average molecular weight is 309 g/mol. The first-order valence-electron chi connectivity index (χ1n) is 6.64. The lowest BCUT2D eigenvalue weighted by Gasteiger charge is -2.09. The Morgan fingerprint density at radius 3 is 2.75 bits per heavy atom. The van der Waals surface area contributed by atoms with Gasteiger partial charge in [0, 0.05) is 12.3 Å². The molecule has 2 rings (SSSR count). The zero-order chi connectivity index (χ0) is 14.4. The standard InChI is InChI=1S/C14H19N3OS2/c1-3-8-15-13-16-17-14(20-13)19-9-12(18)11-6-4-10(2)5-7-11/h4-7,12,18H,3,8-9H2,1-2H3,(H,15,16). The van der Waals surface area contributed by atoms with E-state index < -0.39 is 6.10 Å². The normalized spacial score (nSPS) is 12.3. The maximum absolute atomic E-state index is 10.1. The van der Waals surface area contributed by atoms with E-state index in [1.54, 1.807) is 0 Å². The summed E-state index contributed by atoms with van der Waals surface area (Å²) in [5.74, 6) is 0.589. The quantitative estimate of drug-likeness (QED) is 0.767. The molecule has 1 aromatic carbocycles. The van der Waals surface area contributed by atoms with Crippen LogP contribution in [0.1, 0.15) is 30.6 Å². The molecule has 0 saturated carbocycles. The smallest absolute Gasteiger partial charge is 0.206 e. The van der Waals surface area contributed by atoms with Gasteiger partial charge in [-0.05, 0) is 18.9 Å². The van der Waals surface area contributed by atoms with Crippen molar-refractivity contribution < 1.29 is 5.11 Å². The third kappa shape index (κ3) is 4.47. The van der Waals surface area contributed by atoms with Gasteiger partial charge >= 0.3 is 0 Å². The van der Waals surface area contributed by atoms with Gasteiger partial charge in [0.2, 0.25) is 5.13 Å². The van der Waals surface area contributed by atoms with Gasteiger partial charge in [-0.1, -0.05) is 59.9 Å². The second kappa shape index (κ2) is 7.61. The first-order valence-corrected chi connectivity index (χ1v) is 8.44. The highest BCUT2D eigenvalue weighted by molar-refractivity contribution is 8.01. The van der Waals surface area contributed by atoms with Crippen LogP contribution in [0.3, 0.4) is 0 Å². The van der Waals surface area contributed by atoms with Crippen LogP contribution in [-0.4, -0.2) is 27.6 Å². The van der Waals surface area contributed by atoms with E-state index in [4.69, 9.17) is 0 Å². The van der Waals surface area contributed by atoms with Gasteiger partial charge in [0.25, 0.3) is 0 Å². The Balaban J connectivity index is 1.85.